The molecule has 2 rings (SSSR count). The number of rotatable bonds is 5. The summed E-state index contributed by atoms with van der Waals surface area (Å²) in [6.07, 6.45) is 2.68. The molecule has 6 heteroatoms. The molecule has 1 amide bonds. The zero-order valence-electron chi connectivity index (χ0n) is 11.0. The number of anilines is 1. The average Bonchev–Trinajstić information content (AvgIpc) is 2.77. The monoisotopic (exact) mass is 295 g/mol. The molecule has 0 saturated heterocycles. The van der Waals surface area contributed by atoms with Gasteiger partial charge in [0.05, 0.1) is 16.3 Å². The molecule has 0 bridgehead atoms. The molecule has 1 aromatic heterocycles. The number of aryl methyl sites for hydroxylation is 1. The van der Waals surface area contributed by atoms with Crippen molar-refractivity contribution in [3.8, 4) is 0 Å². The summed E-state index contributed by atoms with van der Waals surface area (Å²) in [5.74, 6) is 0.720. The number of aromatic nitrogens is 1. The van der Waals surface area contributed by atoms with Crippen LogP contribution in [0.15, 0.2) is 18.2 Å². The molecule has 4 nitrogen and oxygen atoms in total. The molecule has 0 aliphatic heterocycles. The van der Waals surface area contributed by atoms with E-state index in [1.165, 1.54) is 16.9 Å². The second kappa shape index (κ2) is 6.36. The maximum atomic E-state index is 11.9. The Bertz CT molecular complexity index is 582. The van der Waals surface area contributed by atoms with E-state index in [1.54, 1.807) is 11.8 Å². The lowest BCUT2D eigenvalue weighted by molar-refractivity contribution is -0.117. The lowest BCUT2D eigenvalue weighted by Crippen LogP contribution is -2.36. The topological polar surface area (TPSA) is 68.0 Å². The quantitative estimate of drug-likeness (QED) is 0.890. The molecule has 102 valence electrons. The van der Waals surface area contributed by atoms with Gasteiger partial charge >= 0.3 is 0 Å². The van der Waals surface area contributed by atoms with Gasteiger partial charge in [-0.3, -0.25) is 4.79 Å². The number of thioether (sulfide) groups is 1. The maximum Gasteiger partial charge on any atom is 0.243 e. The normalized spacial score (nSPS) is 12.6. The SMILES string of the molecule is CSCC[C@@H](N)C(=O)Nc1nc2ccc(C)cc2s1. The summed E-state index contributed by atoms with van der Waals surface area (Å²) in [7, 11) is 0. The maximum absolute atomic E-state index is 11.9. The Balaban J connectivity index is 2.06. The third kappa shape index (κ3) is 3.68. The van der Waals surface area contributed by atoms with Gasteiger partial charge in [-0.2, -0.15) is 11.8 Å². The minimum atomic E-state index is -0.471. The molecule has 0 spiro atoms. The fraction of sp³-hybridized carbons (Fsp3) is 0.385. The number of amides is 1. The van der Waals surface area contributed by atoms with E-state index in [0.29, 0.717) is 11.6 Å². The van der Waals surface area contributed by atoms with Crippen LogP contribution < -0.4 is 11.1 Å². The number of carbonyl (C=O) groups is 1. The lowest BCUT2D eigenvalue weighted by Gasteiger charge is -2.09. The van der Waals surface area contributed by atoms with E-state index in [2.05, 4.69) is 16.4 Å². The molecule has 0 aliphatic carbocycles. The molecule has 0 fully saturated rings. The van der Waals surface area contributed by atoms with Crippen LogP contribution in [0.25, 0.3) is 10.2 Å². The predicted molar refractivity (Wildman–Crippen MR) is 84.0 cm³/mol. The lowest BCUT2D eigenvalue weighted by atomic mass is 10.2. The Morgan fingerprint density at radius 3 is 3.11 bits per heavy atom. The van der Waals surface area contributed by atoms with E-state index in [1.807, 2.05) is 25.3 Å². The van der Waals surface area contributed by atoms with Gasteiger partial charge in [0.15, 0.2) is 5.13 Å². The predicted octanol–water partition coefficient (Wildman–Crippen LogP) is 2.62. The van der Waals surface area contributed by atoms with Crippen LogP contribution in [0.4, 0.5) is 5.13 Å². The molecule has 1 atom stereocenters. The van der Waals surface area contributed by atoms with Gasteiger partial charge in [0, 0.05) is 0 Å². The number of hydrogen-bond donors (Lipinski definition) is 2. The number of nitrogens with zero attached hydrogens (tertiary/aromatic N) is 1. The Hall–Kier alpha value is -1.11. The molecule has 1 heterocycles. The van der Waals surface area contributed by atoms with Gasteiger partial charge in [0.25, 0.3) is 0 Å². The van der Waals surface area contributed by atoms with Crippen molar-refractivity contribution in [3.63, 3.8) is 0 Å². The van der Waals surface area contributed by atoms with Crippen LogP contribution in [0.2, 0.25) is 0 Å². The summed E-state index contributed by atoms with van der Waals surface area (Å²) in [6.45, 7) is 2.04. The summed E-state index contributed by atoms with van der Waals surface area (Å²) in [4.78, 5) is 16.3. The number of carbonyl (C=O) groups excluding carboxylic acids is 1. The zero-order valence-corrected chi connectivity index (χ0v) is 12.6. The van der Waals surface area contributed by atoms with Crippen LogP contribution in [0.3, 0.4) is 0 Å². The fourth-order valence-corrected chi connectivity index (χ4v) is 3.12. The second-order valence-electron chi connectivity index (χ2n) is 4.37. The van der Waals surface area contributed by atoms with Crippen molar-refractivity contribution >= 4 is 44.4 Å². The van der Waals surface area contributed by atoms with Crippen molar-refractivity contribution in [1.82, 2.24) is 4.98 Å². The summed E-state index contributed by atoms with van der Waals surface area (Å²) >= 11 is 3.16. The molecule has 0 saturated carbocycles. The van der Waals surface area contributed by atoms with Crippen LogP contribution in [-0.4, -0.2) is 28.9 Å². The molecule has 1 aromatic carbocycles. The number of benzene rings is 1. The molecule has 2 aromatic rings. The van der Waals surface area contributed by atoms with Crippen LogP contribution in [0, 0.1) is 6.92 Å². The molecule has 19 heavy (non-hydrogen) atoms. The number of hydrogen-bond acceptors (Lipinski definition) is 5. The van der Waals surface area contributed by atoms with Gasteiger partial charge in [-0.15, -0.1) is 0 Å². The highest BCUT2D eigenvalue weighted by Crippen LogP contribution is 2.26. The minimum absolute atomic E-state index is 0.162. The number of fused-ring (bicyclic) bond motifs is 1. The van der Waals surface area contributed by atoms with Gasteiger partial charge in [0.2, 0.25) is 5.91 Å². The zero-order chi connectivity index (χ0) is 13.8. The molecule has 0 unspecified atom stereocenters. The summed E-state index contributed by atoms with van der Waals surface area (Å²) in [5, 5.41) is 3.41. The smallest absolute Gasteiger partial charge is 0.243 e. The summed E-state index contributed by atoms with van der Waals surface area (Å²) < 4.78 is 1.08. The van der Waals surface area contributed by atoms with E-state index in [9.17, 15) is 4.79 Å². The number of nitrogens with one attached hydrogen (secondary N) is 1. The first-order valence-corrected chi connectivity index (χ1v) is 8.24. The van der Waals surface area contributed by atoms with E-state index in [4.69, 9.17) is 5.73 Å². The molecule has 3 N–H and O–H groups in total. The van der Waals surface area contributed by atoms with Gasteiger partial charge in [-0.05, 0) is 43.0 Å². The summed E-state index contributed by atoms with van der Waals surface area (Å²) in [6, 6.07) is 5.57. The summed E-state index contributed by atoms with van der Waals surface area (Å²) in [5.41, 5.74) is 7.91. The first kappa shape index (κ1) is 14.3. The first-order chi connectivity index (χ1) is 9.10. The number of nitrogens with two attached hydrogens (primary N) is 1. The molecule has 0 radical (unpaired) electrons. The van der Waals surface area contributed by atoms with Crippen molar-refractivity contribution < 1.29 is 4.79 Å². The van der Waals surface area contributed by atoms with Crippen molar-refractivity contribution in [2.24, 2.45) is 5.73 Å². The number of thiazole rings is 1. The third-order valence-electron chi connectivity index (χ3n) is 2.74. The van der Waals surface area contributed by atoms with Gasteiger partial charge < -0.3 is 11.1 Å². The highest BCUT2D eigenvalue weighted by molar-refractivity contribution is 7.98. The van der Waals surface area contributed by atoms with Gasteiger partial charge in [-0.1, -0.05) is 17.4 Å². The van der Waals surface area contributed by atoms with Crippen LogP contribution in [-0.2, 0) is 4.79 Å². The Morgan fingerprint density at radius 1 is 1.58 bits per heavy atom. The molecular weight excluding hydrogens is 278 g/mol. The van der Waals surface area contributed by atoms with E-state index in [0.717, 1.165) is 16.0 Å². The van der Waals surface area contributed by atoms with Gasteiger partial charge in [0.1, 0.15) is 0 Å². The first-order valence-electron chi connectivity index (χ1n) is 6.02. The largest absolute Gasteiger partial charge is 0.320 e. The van der Waals surface area contributed by atoms with Crippen molar-refractivity contribution in [2.45, 2.75) is 19.4 Å². The molecule has 0 aliphatic rings. The fourth-order valence-electron chi connectivity index (χ4n) is 1.66. The Morgan fingerprint density at radius 2 is 2.37 bits per heavy atom. The average molecular weight is 295 g/mol. The van der Waals surface area contributed by atoms with E-state index < -0.39 is 6.04 Å². The Kier molecular flexibility index (Phi) is 4.79. The highest BCUT2D eigenvalue weighted by Gasteiger charge is 2.15. The second-order valence-corrected chi connectivity index (χ2v) is 6.38. The van der Waals surface area contributed by atoms with Crippen molar-refractivity contribution in [1.29, 1.82) is 0 Å². The standard InChI is InChI=1S/C13H17N3OS2/c1-8-3-4-10-11(7-8)19-13(15-10)16-12(17)9(14)5-6-18-2/h3-4,7,9H,5-6,14H2,1-2H3,(H,15,16,17)/t9-/m1/s1. The van der Waals surface area contributed by atoms with Crippen LogP contribution in [0.1, 0.15) is 12.0 Å². The highest BCUT2D eigenvalue weighted by atomic mass is 32.2. The van der Waals surface area contributed by atoms with E-state index in [-0.39, 0.29) is 5.91 Å². The van der Waals surface area contributed by atoms with Crippen molar-refractivity contribution in [2.75, 3.05) is 17.3 Å². The van der Waals surface area contributed by atoms with Gasteiger partial charge in [-0.25, -0.2) is 4.98 Å². The minimum Gasteiger partial charge on any atom is -0.320 e. The Labute approximate surface area is 120 Å². The van der Waals surface area contributed by atoms with Crippen LogP contribution >= 0.6 is 23.1 Å². The van der Waals surface area contributed by atoms with Crippen molar-refractivity contribution in [3.05, 3.63) is 23.8 Å². The van der Waals surface area contributed by atoms with E-state index >= 15 is 0 Å². The third-order valence-corrected chi connectivity index (χ3v) is 4.32. The molecular formula is C13H17N3OS2. The van der Waals surface area contributed by atoms with Crippen LogP contribution in [0.5, 0.6) is 0 Å².